The van der Waals surface area contributed by atoms with Crippen molar-refractivity contribution in [1.82, 2.24) is 0 Å². The van der Waals surface area contributed by atoms with E-state index in [1.54, 1.807) is 6.07 Å². The van der Waals surface area contributed by atoms with Gasteiger partial charge in [0.05, 0.1) is 16.3 Å². The van der Waals surface area contributed by atoms with Gasteiger partial charge >= 0.3 is 6.18 Å². The molecule has 0 bridgehead atoms. The molecule has 3 nitrogen and oxygen atoms in total. The van der Waals surface area contributed by atoms with E-state index in [9.17, 15) is 13.2 Å². The SMILES string of the molecule is N#C/C(=C/Nc1cc(C(F)(F)F)ccc1Cl)C(N)=S. The Bertz CT molecular complexity index is 576. The second-order valence-corrected chi connectivity index (χ2v) is 4.22. The molecule has 8 heteroatoms. The Morgan fingerprint density at radius 3 is 2.58 bits per heavy atom. The maximum absolute atomic E-state index is 12.5. The van der Waals surface area contributed by atoms with E-state index in [0.29, 0.717) is 0 Å². The summed E-state index contributed by atoms with van der Waals surface area (Å²) in [6.45, 7) is 0. The number of anilines is 1. The highest BCUT2D eigenvalue weighted by Gasteiger charge is 2.30. The lowest BCUT2D eigenvalue weighted by molar-refractivity contribution is -0.137. The molecule has 0 aliphatic carbocycles. The van der Waals surface area contributed by atoms with Gasteiger partial charge in [0, 0.05) is 6.20 Å². The summed E-state index contributed by atoms with van der Waals surface area (Å²) in [6, 6.07) is 4.49. The molecule has 0 saturated carbocycles. The maximum Gasteiger partial charge on any atom is 0.416 e. The second-order valence-electron chi connectivity index (χ2n) is 3.37. The Balaban J connectivity index is 3.09. The third-order valence-electron chi connectivity index (χ3n) is 2.05. The summed E-state index contributed by atoms with van der Waals surface area (Å²) >= 11 is 10.3. The molecule has 3 N–H and O–H groups in total. The summed E-state index contributed by atoms with van der Waals surface area (Å²) < 4.78 is 37.5. The van der Waals surface area contributed by atoms with Crippen LogP contribution >= 0.6 is 23.8 Å². The molecule has 100 valence electrons. The standard InChI is InChI=1S/C11H7ClF3N3S/c12-8-2-1-7(11(13,14)15)3-9(8)18-5-6(4-16)10(17)19/h1-3,5,18H,(H2,17,19)/b6-5-. The van der Waals surface area contributed by atoms with Crippen LogP contribution in [0.3, 0.4) is 0 Å². The lowest BCUT2D eigenvalue weighted by Crippen LogP contribution is -2.11. The van der Waals surface area contributed by atoms with Gasteiger partial charge in [-0.05, 0) is 18.2 Å². The van der Waals surface area contributed by atoms with Crippen LogP contribution in [0.1, 0.15) is 5.56 Å². The highest BCUT2D eigenvalue weighted by atomic mass is 35.5. The van der Waals surface area contributed by atoms with Crippen molar-refractivity contribution in [2.45, 2.75) is 6.18 Å². The van der Waals surface area contributed by atoms with E-state index < -0.39 is 11.7 Å². The first-order chi connectivity index (χ1) is 8.75. The predicted octanol–water partition coefficient (Wildman–Crippen LogP) is 3.46. The Hall–Kier alpha value is -1.78. The number of halogens is 4. The zero-order chi connectivity index (χ0) is 14.6. The maximum atomic E-state index is 12.5. The number of rotatable bonds is 3. The van der Waals surface area contributed by atoms with Crippen molar-refractivity contribution in [1.29, 1.82) is 5.26 Å². The molecule has 1 aromatic rings. The summed E-state index contributed by atoms with van der Waals surface area (Å²) in [6.07, 6.45) is -3.38. The molecule has 1 rings (SSSR count). The minimum Gasteiger partial charge on any atom is -0.389 e. The highest BCUT2D eigenvalue weighted by molar-refractivity contribution is 7.80. The Morgan fingerprint density at radius 2 is 2.11 bits per heavy atom. The van der Waals surface area contributed by atoms with Crippen LogP contribution in [0.2, 0.25) is 5.02 Å². The Kier molecular flexibility index (Phi) is 4.75. The van der Waals surface area contributed by atoms with Crippen molar-refractivity contribution in [3.05, 3.63) is 40.6 Å². The topological polar surface area (TPSA) is 61.8 Å². The number of nitriles is 1. The monoisotopic (exact) mass is 305 g/mol. The molecule has 0 aliphatic rings. The molecule has 0 aliphatic heterocycles. The summed E-state index contributed by atoms with van der Waals surface area (Å²) in [5.41, 5.74) is 4.31. The number of thiocarbonyl (C=S) groups is 1. The predicted molar refractivity (Wildman–Crippen MR) is 70.6 cm³/mol. The van der Waals surface area contributed by atoms with E-state index in [1.165, 1.54) is 0 Å². The van der Waals surface area contributed by atoms with Gasteiger partial charge in [-0.2, -0.15) is 18.4 Å². The zero-order valence-electron chi connectivity index (χ0n) is 9.25. The van der Waals surface area contributed by atoms with Crippen molar-refractivity contribution in [3.8, 4) is 6.07 Å². The zero-order valence-corrected chi connectivity index (χ0v) is 10.8. The van der Waals surface area contributed by atoms with E-state index in [1.807, 2.05) is 0 Å². The van der Waals surface area contributed by atoms with Gasteiger partial charge in [-0.25, -0.2) is 0 Å². The van der Waals surface area contributed by atoms with Gasteiger partial charge in [0.1, 0.15) is 16.6 Å². The third kappa shape index (κ3) is 4.12. The first kappa shape index (κ1) is 15.3. The molecule has 0 unspecified atom stereocenters. The molecule has 19 heavy (non-hydrogen) atoms. The number of nitrogens with one attached hydrogen (secondary N) is 1. The number of benzene rings is 1. The van der Waals surface area contributed by atoms with E-state index in [-0.39, 0.29) is 21.3 Å². The van der Waals surface area contributed by atoms with Crippen molar-refractivity contribution in [3.63, 3.8) is 0 Å². The van der Waals surface area contributed by atoms with Crippen LogP contribution in [-0.4, -0.2) is 4.99 Å². The minimum atomic E-state index is -4.48. The smallest absolute Gasteiger partial charge is 0.389 e. The molecule has 0 amide bonds. The summed E-state index contributed by atoms with van der Waals surface area (Å²) in [5.74, 6) is 0. The molecule has 0 atom stereocenters. The molecule has 1 aromatic carbocycles. The minimum absolute atomic E-state index is 0.000455. The summed E-state index contributed by atoms with van der Waals surface area (Å²) in [5, 5.41) is 11.2. The van der Waals surface area contributed by atoms with Crippen LogP contribution in [0, 0.1) is 11.3 Å². The molecule has 0 aromatic heterocycles. The summed E-state index contributed by atoms with van der Waals surface area (Å²) in [4.78, 5) is -0.168. The fourth-order valence-corrected chi connectivity index (χ4v) is 1.40. The Labute approximate surface area is 117 Å². The van der Waals surface area contributed by atoms with E-state index in [0.717, 1.165) is 24.4 Å². The van der Waals surface area contributed by atoms with Gasteiger partial charge in [-0.15, -0.1) is 0 Å². The van der Waals surface area contributed by atoms with Gasteiger partial charge < -0.3 is 11.1 Å². The van der Waals surface area contributed by atoms with Crippen molar-refractivity contribution >= 4 is 34.5 Å². The van der Waals surface area contributed by atoms with Gasteiger partial charge in [0.25, 0.3) is 0 Å². The van der Waals surface area contributed by atoms with Gasteiger partial charge in [-0.3, -0.25) is 0 Å². The van der Waals surface area contributed by atoms with Crippen LogP contribution in [0.5, 0.6) is 0 Å². The average molecular weight is 306 g/mol. The fraction of sp³-hybridized carbons (Fsp3) is 0.0909. The van der Waals surface area contributed by atoms with Crippen LogP contribution in [0.25, 0.3) is 0 Å². The number of hydrogen-bond donors (Lipinski definition) is 2. The number of alkyl halides is 3. The van der Waals surface area contributed by atoms with Crippen molar-refractivity contribution in [2.24, 2.45) is 5.73 Å². The van der Waals surface area contributed by atoms with Crippen LogP contribution in [-0.2, 0) is 6.18 Å². The first-order valence-corrected chi connectivity index (χ1v) is 5.57. The Morgan fingerprint density at radius 1 is 1.47 bits per heavy atom. The van der Waals surface area contributed by atoms with Crippen LogP contribution < -0.4 is 11.1 Å². The third-order valence-corrected chi connectivity index (χ3v) is 2.60. The van der Waals surface area contributed by atoms with E-state index in [4.69, 9.17) is 22.6 Å². The average Bonchev–Trinajstić information content (AvgIpc) is 2.30. The molecule has 0 spiro atoms. The van der Waals surface area contributed by atoms with Crippen molar-refractivity contribution < 1.29 is 13.2 Å². The normalized spacial score (nSPS) is 11.8. The van der Waals surface area contributed by atoms with Crippen LogP contribution in [0.15, 0.2) is 30.0 Å². The first-order valence-electron chi connectivity index (χ1n) is 4.79. The highest BCUT2D eigenvalue weighted by Crippen LogP contribution is 2.33. The van der Waals surface area contributed by atoms with Gasteiger partial charge in [0.15, 0.2) is 0 Å². The fourth-order valence-electron chi connectivity index (χ4n) is 1.12. The quantitative estimate of drug-likeness (QED) is 0.510. The number of nitrogens with two attached hydrogens (primary N) is 1. The molecule has 0 fully saturated rings. The number of hydrogen-bond acceptors (Lipinski definition) is 3. The largest absolute Gasteiger partial charge is 0.416 e. The molecular formula is C11H7ClF3N3S. The molecular weight excluding hydrogens is 299 g/mol. The molecule has 0 heterocycles. The molecule has 0 radical (unpaired) electrons. The van der Waals surface area contributed by atoms with Gasteiger partial charge in [0.2, 0.25) is 0 Å². The van der Waals surface area contributed by atoms with Crippen molar-refractivity contribution in [2.75, 3.05) is 5.32 Å². The second kappa shape index (κ2) is 5.91. The summed E-state index contributed by atoms with van der Waals surface area (Å²) in [7, 11) is 0. The molecule has 0 saturated heterocycles. The van der Waals surface area contributed by atoms with Gasteiger partial charge in [-0.1, -0.05) is 23.8 Å². The number of nitrogens with zero attached hydrogens (tertiary/aromatic N) is 1. The van der Waals surface area contributed by atoms with Crippen LogP contribution in [0.4, 0.5) is 18.9 Å². The lowest BCUT2D eigenvalue weighted by Gasteiger charge is -2.10. The van der Waals surface area contributed by atoms with E-state index >= 15 is 0 Å². The lowest BCUT2D eigenvalue weighted by atomic mass is 10.2. The van der Waals surface area contributed by atoms with E-state index in [2.05, 4.69) is 17.5 Å².